The highest BCUT2D eigenvalue weighted by molar-refractivity contribution is 7.52. The SMILES string of the molecule is CC(C)OC(=O)C(C)NP(=O)(OC[C@@]1(C)O[C@@H](n2ccc(N)nc2=O)[C@H](F)[C@@H]1O)Oc1ccccc1. The number of esters is 1. The topological polar surface area (TPSA) is 164 Å². The first-order valence-electron chi connectivity index (χ1n) is 11.2. The van der Waals surface area contributed by atoms with Crippen LogP contribution in [0.25, 0.3) is 0 Å². The van der Waals surface area contributed by atoms with Crippen molar-refractivity contribution in [1.29, 1.82) is 0 Å². The summed E-state index contributed by atoms with van der Waals surface area (Å²) in [7, 11) is -4.31. The number of alkyl halides is 1. The Balaban J connectivity index is 1.81. The van der Waals surface area contributed by atoms with E-state index in [1.165, 1.54) is 38.2 Å². The lowest BCUT2D eigenvalue weighted by Gasteiger charge is -2.30. The number of carbonyl (C=O) groups excluding carboxylic acids is 1. The second-order valence-corrected chi connectivity index (χ2v) is 10.5. The van der Waals surface area contributed by atoms with E-state index in [1.54, 1.807) is 32.0 Å². The highest BCUT2D eigenvalue weighted by atomic mass is 31.2. The summed E-state index contributed by atoms with van der Waals surface area (Å²) < 4.78 is 51.4. The zero-order chi connectivity index (χ0) is 26.7. The van der Waals surface area contributed by atoms with Crippen LogP contribution >= 0.6 is 7.75 Å². The van der Waals surface area contributed by atoms with E-state index in [4.69, 9.17) is 24.3 Å². The van der Waals surface area contributed by atoms with Gasteiger partial charge in [-0.2, -0.15) is 10.1 Å². The monoisotopic (exact) mass is 528 g/mol. The lowest BCUT2D eigenvalue weighted by Crippen LogP contribution is -2.44. The zero-order valence-corrected chi connectivity index (χ0v) is 21.1. The minimum absolute atomic E-state index is 0.0634. The van der Waals surface area contributed by atoms with Gasteiger partial charge in [0.1, 0.15) is 29.3 Å². The molecule has 4 N–H and O–H groups in total. The lowest BCUT2D eigenvalue weighted by molar-refractivity contribution is -0.149. The Kier molecular flexibility index (Phi) is 8.52. The molecule has 1 fully saturated rings. The predicted molar refractivity (Wildman–Crippen MR) is 127 cm³/mol. The number of nitrogens with zero attached hydrogens (tertiary/aromatic N) is 2. The van der Waals surface area contributed by atoms with Crippen molar-refractivity contribution in [2.45, 2.75) is 63.9 Å². The summed E-state index contributed by atoms with van der Waals surface area (Å²) in [5.41, 5.74) is 2.84. The van der Waals surface area contributed by atoms with E-state index in [0.29, 0.717) is 0 Å². The zero-order valence-electron chi connectivity index (χ0n) is 20.2. The number of ether oxygens (including phenoxy) is 2. The van der Waals surface area contributed by atoms with Gasteiger partial charge in [-0.15, -0.1) is 0 Å². The largest absolute Gasteiger partial charge is 0.462 e. The van der Waals surface area contributed by atoms with Crippen molar-refractivity contribution in [3.63, 3.8) is 0 Å². The molecule has 1 saturated heterocycles. The van der Waals surface area contributed by atoms with E-state index in [1.807, 2.05) is 0 Å². The molecule has 0 bridgehead atoms. The molecule has 6 atom stereocenters. The number of hydrogen-bond donors (Lipinski definition) is 3. The molecule has 1 aliphatic rings. The minimum Gasteiger partial charge on any atom is -0.462 e. The molecule has 1 aromatic heterocycles. The van der Waals surface area contributed by atoms with E-state index in [0.717, 1.165) is 4.57 Å². The Bertz CT molecular complexity index is 1170. The summed E-state index contributed by atoms with van der Waals surface area (Å²) in [5.74, 6) is -0.601. The third-order valence-corrected chi connectivity index (χ3v) is 6.89. The Morgan fingerprint density at radius 3 is 2.61 bits per heavy atom. The van der Waals surface area contributed by atoms with Crippen LogP contribution in [-0.4, -0.2) is 57.3 Å². The van der Waals surface area contributed by atoms with Gasteiger partial charge in [0.05, 0.1) is 12.7 Å². The van der Waals surface area contributed by atoms with Crippen LogP contribution in [0.3, 0.4) is 0 Å². The fourth-order valence-corrected chi connectivity index (χ4v) is 4.99. The molecular weight excluding hydrogens is 498 g/mol. The molecule has 14 heteroatoms. The fraction of sp³-hybridized carbons (Fsp3) is 0.500. The van der Waals surface area contributed by atoms with Crippen molar-refractivity contribution in [2.75, 3.05) is 12.3 Å². The van der Waals surface area contributed by atoms with Gasteiger partial charge in [-0.1, -0.05) is 18.2 Å². The molecule has 0 radical (unpaired) electrons. The number of benzene rings is 1. The second-order valence-electron chi connectivity index (χ2n) is 8.76. The Morgan fingerprint density at radius 2 is 2.00 bits per heavy atom. The predicted octanol–water partition coefficient (Wildman–Crippen LogP) is 1.95. The van der Waals surface area contributed by atoms with Crippen LogP contribution in [0.1, 0.15) is 33.9 Å². The smallest absolute Gasteiger partial charge is 0.459 e. The van der Waals surface area contributed by atoms with Crippen LogP contribution in [0.2, 0.25) is 0 Å². The van der Waals surface area contributed by atoms with Crippen molar-refractivity contribution in [3.05, 3.63) is 53.1 Å². The van der Waals surface area contributed by atoms with Crippen molar-refractivity contribution in [2.24, 2.45) is 0 Å². The average Bonchev–Trinajstić information content (AvgIpc) is 3.02. The summed E-state index contributed by atoms with van der Waals surface area (Å²) >= 11 is 0. The molecule has 1 aliphatic heterocycles. The Morgan fingerprint density at radius 1 is 1.33 bits per heavy atom. The van der Waals surface area contributed by atoms with Crippen molar-refractivity contribution in [1.82, 2.24) is 14.6 Å². The van der Waals surface area contributed by atoms with Gasteiger partial charge in [0.15, 0.2) is 12.4 Å². The molecule has 0 spiro atoms. The van der Waals surface area contributed by atoms with Gasteiger partial charge in [0, 0.05) is 6.20 Å². The quantitative estimate of drug-likeness (QED) is 0.305. The standard InChI is InChI=1S/C22H30FN4O8P/c1-13(2)33-20(29)14(3)26-36(31,35-15-8-6-5-7-9-15)32-12-22(4)18(28)17(23)19(34-22)27-11-10-16(24)25-21(27)30/h5-11,13-14,17-19,28H,12H2,1-4H3,(H,26,31)(H2,24,25,30)/t14?,17-,18+,19-,22-,36?/m1/s1. The fourth-order valence-electron chi connectivity index (χ4n) is 3.40. The molecule has 1 aromatic carbocycles. The second kappa shape index (κ2) is 11.1. The summed E-state index contributed by atoms with van der Waals surface area (Å²) in [5, 5.41) is 13.1. The summed E-state index contributed by atoms with van der Waals surface area (Å²) in [6.45, 7) is 5.42. The van der Waals surface area contributed by atoms with Gasteiger partial charge in [-0.05, 0) is 45.9 Å². The first-order valence-corrected chi connectivity index (χ1v) is 12.7. The third-order valence-electron chi connectivity index (χ3n) is 5.26. The van der Waals surface area contributed by atoms with E-state index >= 15 is 4.39 Å². The normalized spacial score (nSPS) is 26.4. The molecular formula is C22H30FN4O8P. The maximum atomic E-state index is 15.0. The molecule has 198 valence electrons. The van der Waals surface area contributed by atoms with Gasteiger partial charge >= 0.3 is 19.4 Å². The molecule has 0 aliphatic carbocycles. The van der Waals surface area contributed by atoms with E-state index in [-0.39, 0.29) is 11.6 Å². The van der Waals surface area contributed by atoms with Crippen LogP contribution in [-0.2, 0) is 23.4 Å². The maximum Gasteiger partial charge on any atom is 0.459 e. The van der Waals surface area contributed by atoms with Gasteiger partial charge in [-0.3, -0.25) is 13.9 Å². The summed E-state index contributed by atoms with van der Waals surface area (Å²) in [4.78, 5) is 28.0. The lowest BCUT2D eigenvalue weighted by atomic mass is 9.99. The minimum atomic E-state index is -4.31. The first-order chi connectivity index (χ1) is 16.8. The Hall–Kier alpha value is -2.83. The molecule has 36 heavy (non-hydrogen) atoms. The molecule has 0 saturated carbocycles. The highest BCUT2D eigenvalue weighted by Crippen LogP contribution is 2.48. The maximum absolute atomic E-state index is 15.0. The molecule has 3 rings (SSSR count). The number of rotatable bonds is 10. The summed E-state index contributed by atoms with van der Waals surface area (Å²) in [6, 6.07) is 8.20. The molecule has 0 amide bonds. The highest BCUT2D eigenvalue weighted by Gasteiger charge is 2.54. The number of nitrogens with one attached hydrogen (secondary N) is 1. The van der Waals surface area contributed by atoms with Crippen LogP contribution in [0.15, 0.2) is 47.4 Å². The number of nitrogens with two attached hydrogens (primary N) is 1. The van der Waals surface area contributed by atoms with Crippen LogP contribution in [0.5, 0.6) is 5.75 Å². The number of aromatic nitrogens is 2. The Labute approximate surface area is 207 Å². The molecule has 2 heterocycles. The van der Waals surface area contributed by atoms with E-state index in [2.05, 4.69) is 10.1 Å². The number of aliphatic hydroxyl groups excluding tert-OH is 1. The number of halogens is 1. The first kappa shape index (κ1) is 27.8. The van der Waals surface area contributed by atoms with Crippen molar-refractivity contribution in [3.8, 4) is 5.75 Å². The third kappa shape index (κ3) is 6.48. The number of hydrogen-bond acceptors (Lipinski definition) is 10. The van der Waals surface area contributed by atoms with Crippen LogP contribution in [0.4, 0.5) is 10.2 Å². The van der Waals surface area contributed by atoms with Gasteiger partial charge in [0.25, 0.3) is 0 Å². The van der Waals surface area contributed by atoms with Gasteiger partial charge in [0.2, 0.25) is 0 Å². The number of anilines is 1. The molecule has 2 aromatic rings. The van der Waals surface area contributed by atoms with E-state index in [9.17, 15) is 19.3 Å². The number of para-hydroxylation sites is 1. The van der Waals surface area contributed by atoms with E-state index < -0.39 is 62.3 Å². The van der Waals surface area contributed by atoms with Crippen LogP contribution in [0, 0.1) is 0 Å². The van der Waals surface area contributed by atoms with Crippen molar-refractivity contribution >= 4 is 19.5 Å². The number of aliphatic hydroxyl groups is 1. The molecule has 2 unspecified atom stereocenters. The van der Waals surface area contributed by atoms with Gasteiger partial charge in [-0.25, -0.2) is 13.8 Å². The van der Waals surface area contributed by atoms with Crippen LogP contribution < -0.4 is 21.0 Å². The van der Waals surface area contributed by atoms with Crippen molar-refractivity contribution < 1.29 is 37.4 Å². The average molecular weight is 528 g/mol. The number of nitrogen functional groups attached to an aromatic ring is 1. The summed E-state index contributed by atoms with van der Waals surface area (Å²) in [6.07, 6.45) is -4.60. The molecule has 12 nitrogen and oxygen atoms in total. The van der Waals surface area contributed by atoms with Gasteiger partial charge < -0.3 is 24.8 Å². The number of carbonyl (C=O) groups is 1.